The number of aliphatic hydroxyl groups is 1. The van der Waals surface area contributed by atoms with E-state index in [1.165, 1.54) is 11.4 Å². The fourth-order valence-electron chi connectivity index (χ4n) is 1.68. The van der Waals surface area contributed by atoms with Crippen LogP contribution in [0, 0.1) is 0 Å². The van der Waals surface area contributed by atoms with Crippen LogP contribution in [0.2, 0.25) is 0 Å². The molecule has 108 valence electrons. The van der Waals surface area contributed by atoms with Crippen molar-refractivity contribution in [3.63, 3.8) is 0 Å². The van der Waals surface area contributed by atoms with Gasteiger partial charge in [-0.1, -0.05) is 30.3 Å². The Morgan fingerprint density at radius 2 is 1.84 bits per heavy atom. The van der Waals surface area contributed by atoms with E-state index in [1.54, 1.807) is 13.8 Å². The summed E-state index contributed by atoms with van der Waals surface area (Å²) in [5.41, 5.74) is 0.258. The predicted octanol–water partition coefficient (Wildman–Crippen LogP) is 1.11. The molecule has 0 amide bonds. The van der Waals surface area contributed by atoms with Gasteiger partial charge in [0.25, 0.3) is 10.2 Å². The SMILES string of the molecule is CN(Cc1ccccc1)S(=O)(=O)NC(C)(C)CCO. The van der Waals surface area contributed by atoms with Crippen LogP contribution in [0.25, 0.3) is 0 Å². The first-order valence-electron chi connectivity index (χ1n) is 6.17. The van der Waals surface area contributed by atoms with Crippen LogP contribution in [0.3, 0.4) is 0 Å². The second-order valence-electron chi connectivity index (χ2n) is 5.21. The van der Waals surface area contributed by atoms with Crippen LogP contribution in [0.1, 0.15) is 25.8 Å². The third-order valence-electron chi connectivity index (χ3n) is 2.80. The summed E-state index contributed by atoms with van der Waals surface area (Å²) in [7, 11) is -2.03. The number of rotatable bonds is 7. The third kappa shape index (κ3) is 5.28. The molecule has 0 bridgehead atoms. The Labute approximate surface area is 115 Å². The number of benzene rings is 1. The lowest BCUT2D eigenvalue weighted by Crippen LogP contribution is -2.49. The van der Waals surface area contributed by atoms with Gasteiger partial charge in [-0.25, -0.2) is 0 Å². The second kappa shape index (κ2) is 6.47. The van der Waals surface area contributed by atoms with Crippen LogP contribution >= 0.6 is 0 Å². The summed E-state index contributed by atoms with van der Waals surface area (Å²) in [6.45, 7) is 3.75. The minimum atomic E-state index is -3.57. The highest BCUT2D eigenvalue weighted by atomic mass is 32.2. The van der Waals surface area contributed by atoms with E-state index in [9.17, 15) is 8.42 Å². The average Bonchev–Trinajstić information content (AvgIpc) is 2.28. The molecule has 0 atom stereocenters. The van der Waals surface area contributed by atoms with Crippen molar-refractivity contribution in [1.82, 2.24) is 9.03 Å². The molecule has 0 aromatic heterocycles. The van der Waals surface area contributed by atoms with Crippen LogP contribution < -0.4 is 4.72 Å². The topological polar surface area (TPSA) is 69.6 Å². The predicted molar refractivity (Wildman–Crippen MR) is 75.7 cm³/mol. The van der Waals surface area contributed by atoms with Crippen LogP contribution in [0.15, 0.2) is 30.3 Å². The van der Waals surface area contributed by atoms with Gasteiger partial charge < -0.3 is 5.11 Å². The fourth-order valence-corrected chi connectivity index (χ4v) is 2.96. The molecular weight excluding hydrogens is 264 g/mol. The van der Waals surface area contributed by atoms with Crippen molar-refractivity contribution in [2.75, 3.05) is 13.7 Å². The van der Waals surface area contributed by atoms with Gasteiger partial charge in [0.15, 0.2) is 0 Å². The smallest absolute Gasteiger partial charge is 0.279 e. The maximum Gasteiger partial charge on any atom is 0.279 e. The molecule has 0 radical (unpaired) electrons. The van der Waals surface area contributed by atoms with Gasteiger partial charge in [0.1, 0.15) is 0 Å². The number of nitrogens with one attached hydrogen (secondary N) is 1. The molecule has 6 heteroatoms. The minimum absolute atomic E-state index is 0.0576. The Hall–Kier alpha value is -0.950. The molecule has 1 rings (SSSR count). The highest BCUT2D eigenvalue weighted by Gasteiger charge is 2.27. The van der Waals surface area contributed by atoms with E-state index in [4.69, 9.17) is 5.11 Å². The van der Waals surface area contributed by atoms with Crippen molar-refractivity contribution >= 4 is 10.2 Å². The summed E-state index contributed by atoms with van der Waals surface area (Å²) in [5.74, 6) is 0. The minimum Gasteiger partial charge on any atom is -0.396 e. The molecule has 1 aromatic carbocycles. The quantitative estimate of drug-likeness (QED) is 0.789. The lowest BCUT2D eigenvalue weighted by atomic mass is 10.0. The molecule has 19 heavy (non-hydrogen) atoms. The van der Waals surface area contributed by atoms with Crippen LogP contribution in [0.5, 0.6) is 0 Å². The maximum atomic E-state index is 12.2. The summed E-state index contributed by atoms with van der Waals surface area (Å²) < 4.78 is 28.2. The highest BCUT2D eigenvalue weighted by Crippen LogP contribution is 2.12. The van der Waals surface area contributed by atoms with Gasteiger partial charge in [-0.15, -0.1) is 0 Å². The highest BCUT2D eigenvalue weighted by molar-refractivity contribution is 7.87. The third-order valence-corrected chi connectivity index (χ3v) is 4.56. The zero-order valence-electron chi connectivity index (χ0n) is 11.6. The number of aliphatic hydroxyl groups excluding tert-OH is 1. The van der Waals surface area contributed by atoms with Crippen molar-refractivity contribution < 1.29 is 13.5 Å². The molecule has 0 unspecified atom stereocenters. The first kappa shape index (κ1) is 16.1. The van der Waals surface area contributed by atoms with E-state index in [-0.39, 0.29) is 6.61 Å². The van der Waals surface area contributed by atoms with Gasteiger partial charge in [0.05, 0.1) is 0 Å². The molecule has 0 saturated carbocycles. The molecule has 5 nitrogen and oxygen atoms in total. The van der Waals surface area contributed by atoms with Crippen LogP contribution in [-0.2, 0) is 16.8 Å². The van der Waals surface area contributed by atoms with Gasteiger partial charge in [-0.3, -0.25) is 0 Å². The molecule has 0 heterocycles. The zero-order valence-corrected chi connectivity index (χ0v) is 12.4. The van der Waals surface area contributed by atoms with Crippen molar-refractivity contribution in [3.05, 3.63) is 35.9 Å². The Morgan fingerprint density at radius 1 is 1.26 bits per heavy atom. The molecule has 0 spiro atoms. The summed E-state index contributed by atoms with van der Waals surface area (Å²) in [4.78, 5) is 0. The molecule has 0 fully saturated rings. The zero-order chi connectivity index (χ0) is 14.5. The standard InChI is InChI=1S/C13H22N2O3S/c1-13(2,9-10-16)14-19(17,18)15(3)11-12-7-5-4-6-8-12/h4-8,14,16H,9-11H2,1-3H3. The number of hydrogen-bond acceptors (Lipinski definition) is 3. The lowest BCUT2D eigenvalue weighted by molar-refractivity contribution is 0.244. The summed E-state index contributed by atoms with van der Waals surface area (Å²) in [6.07, 6.45) is 0.366. The van der Waals surface area contributed by atoms with Crippen molar-refractivity contribution in [3.8, 4) is 0 Å². The summed E-state index contributed by atoms with van der Waals surface area (Å²) in [6, 6.07) is 9.40. The van der Waals surface area contributed by atoms with Gasteiger partial charge in [0.2, 0.25) is 0 Å². The second-order valence-corrected chi connectivity index (χ2v) is 6.98. The fraction of sp³-hybridized carbons (Fsp3) is 0.538. The van der Waals surface area contributed by atoms with Crippen molar-refractivity contribution in [2.45, 2.75) is 32.4 Å². The molecule has 2 N–H and O–H groups in total. The van der Waals surface area contributed by atoms with E-state index < -0.39 is 15.7 Å². The molecule has 0 aliphatic heterocycles. The Morgan fingerprint density at radius 3 is 2.37 bits per heavy atom. The summed E-state index contributed by atoms with van der Waals surface area (Å²) in [5, 5.41) is 8.92. The first-order chi connectivity index (χ1) is 8.77. The molecular formula is C13H22N2O3S. The van der Waals surface area contributed by atoms with E-state index >= 15 is 0 Å². The summed E-state index contributed by atoms with van der Waals surface area (Å²) >= 11 is 0. The normalized spacial score (nSPS) is 12.9. The molecule has 0 saturated heterocycles. The van der Waals surface area contributed by atoms with Crippen LogP contribution in [-0.4, -0.2) is 37.0 Å². The monoisotopic (exact) mass is 286 g/mol. The van der Waals surface area contributed by atoms with Gasteiger partial charge in [-0.2, -0.15) is 17.4 Å². The Balaban J connectivity index is 2.72. The van der Waals surface area contributed by atoms with Crippen molar-refractivity contribution in [1.29, 1.82) is 0 Å². The van der Waals surface area contributed by atoms with E-state index in [2.05, 4.69) is 4.72 Å². The molecule has 0 aliphatic carbocycles. The number of hydrogen-bond donors (Lipinski definition) is 2. The van der Waals surface area contributed by atoms with Crippen LogP contribution in [0.4, 0.5) is 0 Å². The van der Waals surface area contributed by atoms with Gasteiger partial charge in [0, 0.05) is 25.7 Å². The average molecular weight is 286 g/mol. The van der Waals surface area contributed by atoms with E-state index in [0.717, 1.165) is 5.56 Å². The molecule has 0 aliphatic rings. The van der Waals surface area contributed by atoms with Crippen molar-refractivity contribution in [2.24, 2.45) is 0 Å². The van der Waals surface area contributed by atoms with Gasteiger partial charge in [-0.05, 0) is 25.8 Å². The number of nitrogens with zero attached hydrogens (tertiary/aromatic N) is 1. The van der Waals surface area contributed by atoms with E-state index in [0.29, 0.717) is 13.0 Å². The first-order valence-corrected chi connectivity index (χ1v) is 7.61. The van der Waals surface area contributed by atoms with E-state index in [1.807, 2.05) is 30.3 Å². The van der Waals surface area contributed by atoms with Gasteiger partial charge >= 0.3 is 0 Å². The largest absolute Gasteiger partial charge is 0.396 e. The maximum absolute atomic E-state index is 12.2. The lowest BCUT2D eigenvalue weighted by Gasteiger charge is -2.28. The Kier molecular flexibility index (Phi) is 5.49. The Bertz CT molecular complexity index is 486. The molecule has 1 aromatic rings.